The first kappa shape index (κ1) is 14.5. The zero-order chi connectivity index (χ0) is 14.7. The Balaban J connectivity index is 2.18. The summed E-state index contributed by atoms with van der Waals surface area (Å²) in [4.78, 5) is 19.3. The van der Waals surface area contributed by atoms with Gasteiger partial charge in [-0.3, -0.25) is 4.79 Å². The van der Waals surface area contributed by atoms with Crippen molar-refractivity contribution in [2.45, 2.75) is 20.4 Å². The van der Waals surface area contributed by atoms with Crippen molar-refractivity contribution < 1.29 is 4.79 Å². The maximum atomic E-state index is 12.1. The molecule has 1 amide bonds. The standard InChI is InChI=1S/C15H19N3OS/c1-10-14(20-11(2)17-10)9-16-13-8-6-5-7-12(13)15(19)18(3)4/h5-8,16H,9H2,1-4H3. The Bertz CT molecular complexity index is 619. The highest BCUT2D eigenvalue weighted by atomic mass is 32.1. The lowest BCUT2D eigenvalue weighted by Crippen LogP contribution is -2.22. The molecule has 5 heteroatoms. The first-order valence-electron chi connectivity index (χ1n) is 6.46. The van der Waals surface area contributed by atoms with Gasteiger partial charge in [0.15, 0.2) is 0 Å². The van der Waals surface area contributed by atoms with E-state index in [1.54, 1.807) is 30.3 Å². The number of hydrogen-bond donors (Lipinski definition) is 1. The molecule has 1 heterocycles. The fraction of sp³-hybridized carbons (Fsp3) is 0.333. The van der Waals surface area contributed by atoms with E-state index in [0.29, 0.717) is 12.1 Å². The van der Waals surface area contributed by atoms with Gasteiger partial charge in [0, 0.05) is 24.7 Å². The number of aromatic nitrogens is 1. The molecule has 20 heavy (non-hydrogen) atoms. The van der Waals surface area contributed by atoms with Crippen LogP contribution in [0.3, 0.4) is 0 Å². The van der Waals surface area contributed by atoms with Gasteiger partial charge >= 0.3 is 0 Å². The molecule has 2 aromatic rings. The molecule has 0 bridgehead atoms. The molecule has 0 aliphatic carbocycles. The second kappa shape index (κ2) is 6.05. The van der Waals surface area contributed by atoms with Crippen molar-refractivity contribution >= 4 is 22.9 Å². The number of carbonyl (C=O) groups excluding carboxylic acids is 1. The van der Waals surface area contributed by atoms with Crippen LogP contribution in [0.1, 0.15) is 25.9 Å². The summed E-state index contributed by atoms with van der Waals surface area (Å²) < 4.78 is 0. The maximum Gasteiger partial charge on any atom is 0.255 e. The van der Waals surface area contributed by atoms with Crippen LogP contribution in [0.15, 0.2) is 24.3 Å². The van der Waals surface area contributed by atoms with Gasteiger partial charge in [0.05, 0.1) is 22.8 Å². The topological polar surface area (TPSA) is 45.2 Å². The van der Waals surface area contributed by atoms with E-state index in [1.807, 2.05) is 38.1 Å². The molecule has 2 rings (SSSR count). The number of amides is 1. The molecule has 0 atom stereocenters. The fourth-order valence-corrected chi connectivity index (χ4v) is 2.85. The van der Waals surface area contributed by atoms with Crippen molar-refractivity contribution in [3.63, 3.8) is 0 Å². The first-order valence-corrected chi connectivity index (χ1v) is 7.28. The molecule has 0 aliphatic rings. The molecule has 1 aromatic carbocycles. The van der Waals surface area contributed by atoms with E-state index in [0.717, 1.165) is 16.4 Å². The average molecular weight is 289 g/mol. The van der Waals surface area contributed by atoms with Gasteiger partial charge < -0.3 is 10.2 Å². The number of rotatable bonds is 4. The van der Waals surface area contributed by atoms with E-state index in [1.165, 1.54) is 4.88 Å². The summed E-state index contributed by atoms with van der Waals surface area (Å²) in [6.07, 6.45) is 0. The molecule has 0 aliphatic heterocycles. The quantitative estimate of drug-likeness (QED) is 0.941. The van der Waals surface area contributed by atoms with Crippen LogP contribution in [0.5, 0.6) is 0 Å². The predicted octanol–water partition coefficient (Wildman–Crippen LogP) is 3.07. The molecular formula is C15H19N3OS. The van der Waals surface area contributed by atoms with Crippen molar-refractivity contribution in [2.75, 3.05) is 19.4 Å². The maximum absolute atomic E-state index is 12.1. The Labute approximate surface area is 123 Å². The first-order chi connectivity index (χ1) is 9.49. The molecule has 0 spiro atoms. The Kier molecular flexibility index (Phi) is 4.39. The van der Waals surface area contributed by atoms with Crippen LogP contribution >= 0.6 is 11.3 Å². The van der Waals surface area contributed by atoms with Crippen LogP contribution in [-0.4, -0.2) is 29.9 Å². The molecule has 0 radical (unpaired) electrons. The van der Waals surface area contributed by atoms with Crippen molar-refractivity contribution in [3.8, 4) is 0 Å². The molecule has 0 saturated carbocycles. The Hall–Kier alpha value is -1.88. The lowest BCUT2D eigenvalue weighted by molar-refractivity contribution is 0.0828. The molecule has 1 aromatic heterocycles. The third-order valence-electron chi connectivity index (χ3n) is 3.00. The number of benzene rings is 1. The third-order valence-corrected chi connectivity index (χ3v) is 4.08. The van der Waals surface area contributed by atoms with Crippen LogP contribution in [-0.2, 0) is 6.54 Å². The Morgan fingerprint density at radius 2 is 2.00 bits per heavy atom. The van der Waals surface area contributed by atoms with Crippen LogP contribution in [0.4, 0.5) is 5.69 Å². The van der Waals surface area contributed by atoms with E-state index in [-0.39, 0.29) is 5.91 Å². The van der Waals surface area contributed by atoms with Gasteiger partial charge in [-0.15, -0.1) is 11.3 Å². The number of nitrogens with zero attached hydrogens (tertiary/aromatic N) is 2. The number of para-hydroxylation sites is 1. The van der Waals surface area contributed by atoms with E-state index in [4.69, 9.17) is 0 Å². The second-order valence-corrected chi connectivity index (χ2v) is 6.13. The smallest absolute Gasteiger partial charge is 0.255 e. The largest absolute Gasteiger partial charge is 0.379 e. The third kappa shape index (κ3) is 3.17. The number of thiazole rings is 1. The number of carbonyl (C=O) groups is 1. The highest BCUT2D eigenvalue weighted by molar-refractivity contribution is 7.11. The predicted molar refractivity (Wildman–Crippen MR) is 83.4 cm³/mol. The highest BCUT2D eigenvalue weighted by Crippen LogP contribution is 2.21. The molecule has 0 saturated heterocycles. The van der Waals surface area contributed by atoms with Crippen LogP contribution < -0.4 is 5.32 Å². The van der Waals surface area contributed by atoms with E-state index >= 15 is 0 Å². The monoisotopic (exact) mass is 289 g/mol. The van der Waals surface area contributed by atoms with E-state index < -0.39 is 0 Å². The van der Waals surface area contributed by atoms with Crippen LogP contribution in [0, 0.1) is 13.8 Å². The van der Waals surface area contributed by atoms with Gasteiger partial charge in [-0.2, -0.15) is 0 Å². The summed E-state index contributed by atoms with van der Waals surface area (Å²) in [6.45, 7) is 4.71. The Morgan fingerprint density at radius 1 is 1.30 bits per heavy atom. The van der Waals surface area contributed by atoms with Crippen molar-refractivity contribution in [1.29, 1.82) is 0 Å². The number of nitrogens with one attached hydrogen (secondary N) is 1. The van der Waals surface area contributed by atoms with E-state index in [9.17, 15) is 4.79 Å². The van der Waals surface area contributed by atoms with Gasteiger partial charge in [-0.1, -0.05) is 12.1 Å². The van der Waals surface area contributed by atoms with Crippen LogP contribution in [0.25, 0.3) is 0 Å². The van der Waals surface area contributed by atoms with Crippen molar-refractivity contribution in [2.24, 2.45) is 0 Å². The minimum Gasteiger partial charge on any atom is -0.379 e. The zero-order valence-electron chi connectivity index (χ0n) is 12.2. The minimum atomic E-state index is 0.00491. The fourth-order valence-electron chi connectivity index (χ4n) is 1.98. The van der Waals surface area contributed by atoms with Crippen LogP contribution in [0.2, 0.25) is 0 Å². The van der Waals surface area contributed by atoms with Gasteiger partial charge in [-0.25, -0.2) is 4.98 Å². The summed E-state index contributed by atoms with van der Waals surface area (Å²) >= 11 is 1.69. The summed E-state index contributed by atoms with van der Waals surface area (Å²) in [5.41, 5.74) is 2.60. The van der Waals surface area contributed by atoms with Gasteiger partial charge in [-0.05, 0) is 26.0 Å². The summed E-state index contributed by atoms with van der Waals surface area (Å²) in [6, 6.07) is 7.58. The van der Waals surface area contributed by atoms with Gasteiger partial charge in [0.25, 0.3) is 5.91 Å². The molecule has 4 nitrogen and oxygen atoms in total. The van der Waals surface area contributed by atoms with Gasteiger partial charge in [0.1, 0.15) is 0 Å². The minimum absolute atomic E-state index is 0.00491. The van der Waals surface area contributed by atoms with Crippen molar-refractivity contribution in [3.05, 3.63) is 45.4 Å². The molecule has 0 unspecified atom stereocenters. The molecule has 1 N–H and O–H groups in total. The highest BCUT2D eigenvalue weighted by Gasteiger charge is 2.13. The average Bonchev–Trinajstić information content (AvgIpc) is 2.74. The normalized spacial score (nSPS) is 10.4. The van der Waals surface area contributed by atoms with Crippen molar-refractivity contribution in [1.82, 2.24) is 9.88 Å². The number of aryl methyl sites for hydroxylation is 2. The van der Waals surface area contributed by atoms with E-state index in [2.05, 4.69) is 10.3 Å². The molecule has 0 fully saturated rings. The number of anilines is 1. The SMILES string of the molecule is Cc1nc(C)c(CNc2ccccc2C(=O)N(C)C)s1. The molecular weight excluding hydrogens is 270 g/mol. The lowest BCUT2D eigenvalue weighted by atomic mass is 10.1. The zero-order valence-corrected chi connectivity index (χ0v) is 13.0. The summed E-state index contributed by atoms with van der Waals surface area (Å²) in [7, 11) is 3.52. The molecule has 106 valence electrons. The number of hydrogen-bond acceptors (Lipinski definition) is 4. The van der Waals surface area contributed by atoms with Gasteiger partial charge in [0.2, 0.25) is 0 Å². The summed E-state index contributed by atoms with van der Waals surface area (Å²) in [5, 5.41) is 4.41. The lowest BCUT2D eigenvalue weighted by Gasteiger charge is -2.15. The summed E-state index contributed by atoms with van der Waals surface area (Å²) in [5.74, 6) is 0.00491. The Morgan fingerprint density at radius 3 is 2.60 bits per heavy atom. The second-order valence-electron chi connectivity index (χ2n) is 4.84.